The van der Waals surface area contributed by atoms with Crippen LogP contribution in [-0.4, -0.2) is 23.0 Å². The lowest BCUT2D eigenvalue weighted by molar-refractivity contribution is 0.602. The summed E-state index contributed by atoms with van der Waals surface area (Å²) in [5.41, 5.74) is 3.06. The van der Waals surface area contributed by atoms with E-state index in [0.717, 1.165) is 31.2 Å². The molecule has 1 aliphatic carbocycles. The van der Waals surface area contributed by atoms with Gasteiger partial charge in [0.1, 0.15) is 4.90 Å². The highest BCUT2D eigenvalue weighted by atomic mass is 35.5. The number of nitrogens with zero attached hydrogens (tertiary/aromatic N) is 2. The van der Waals surface area contributed by atoms with E-state index in [2.05, 4.69) is 14.7 Å². The summed E-state index contributed by atoms with van der Waals surface area (Å²) < 4.78 is 30.5. The van der Waals surface area contributed by atoms with Crippen molar-refractivity contribution in [2.24, 2.45) is 0 Å². The van der Waals surface area contributed by atoms with Gasteiger partial charge in [0, 0.05) is 11.6 Å². The van der Waals surface area contributed by atoms with Gasteiger partial charge in [-0.25, -0.2) is 8.42 Å². The first kappa shape index (κ1) is 24.7. The van der Waals surface area contributed by atoms with Crippen LogP contribution in [0.4, 0.5) is 5.69 Å². The number of benzene rings is 3. The van der Waals surface area contributed by atoms with E-state index in [1.807, 2.05) is 12.1 Å². The van der Waals surface area contributed by atoms with Crippen LogP contribution in [0, 0.1) is 0 Å². The number of halogens is 1. The second-order valence-corrected chi connectivity index (χ2v) is 10.5. The van der Waals surface area contributed by atoms with Gasteiger partial charge < -0.3 is 4.98 Å². The number of aryl methyl sites for hydroxylation is 2. The first-order chi connectivity index (χ1) is 17.4. The average Bonchev–Trinajstić information content (AvgIpc) is 2.89. The number of aromatic nitrogens is 3. The summed E-state index contributed by atoms with van der Waals surface area (Å²) in [6.45, 7) is 0. The largest absolute Gasteiger partial charge is 0.321 e. The Morgan fingerprint density at radius 1 is 0.919 bits per heavy atom. The molecule has 3 aromatic carbocycles. The molecule has 1 aliphatic rings. The van der Waals surface area contributed by atoms with E-state index < -0.39 is 21.1 Å². The Morgan fingerprint density at radius 2 is 1.70 bits per heavy atom. The third-order valence-corrected chi connectivity index (χ3v) is 8.04. The molecule has 2 aromatic heterocycles. The first-order valence-corrected chi connectivity index (χ1v) is 13.2. The van der Waals surface area contributed by atoms with Crippen molar-refractivity contribution in [1.82, 2.24) is 14.5 Å². The standard InChI is InChI=1S/C27H22N4O4S.ClH/c32-26-27(33)31(22-14-13-17-6-1-2-11-21(17)25(22)29-26)20-10-4-9-19(16-20)30-36(34,35)23-12-3-7-18-8-5-15-28-24(18)23;/h3-5,7-10,12-16,30H,1-2,6,11H2,(H,29,32);1H. The highest BCUT2D eigenvalue weighted by molar-refractivity contribution is 7.93. The van der Waals surface area contributed by atoms with Gasteiger partial charge in [-0.1, -0.05) is 30.3 Å². The van der Waals surface area contributed by atoms with Crippen molar-refractivity contribution in [3.05, 3.63) is 105 Å². The molecule has 10 heteroatoms. The van der Waals surface area contributed by atoms with Crippen LogP contribution in [0.3, 0.4) is 0 Å². The first-order valence-electron chi connectivity index (χ1n) is 11.7. The molecule has 2 N–H and O–H groups in total. The van der Waals surface area contributed by atoms with E-state index in [0.29, 0.717) is 27.6 Å². The minimum atomic E-state index is -3.98. The van der Waals surface area contributed by atoms with Gasteiger partial charge in [-0.15, -0.1) is 12.4 Å². The van der Waals surface area contributed by atoms with E-state index in [9.17, 15) is 18.0 Å². The number of fused-ring (bicyclic) bond motifs is 4. The summed E-state index contributed by atoms with van der Waals surface area (Å²) in [5.74, 6) is 0. The summed E-state index contributed by atoms with van der Waals surface area (Å²) in [4.78, 5) is 32.7. The molecule has 0 unspecified atom stereocenters. The van der Waals surface area contributed by atoms with Crippen LogP contribution in [0.2, 0.25) is 0 Å². The van der Waals surface area contributed by atoms with Crippen molar-refractivity contribution in [1.29, 1.82) is 0 Å². The Bertz CT molecular complexity index is 1890. The molecule has 2 heterocycles. The van der Waals surface area contributed by atoms with E-state index in [-0.39, 0.29) is 23.0 Å². The summed E-state index contributed by atoms with van der Waals surface area (Å²) >= 11 is 0. The van der Waals surface area contributed by atoms with Crippen molar-refractivity contribution in [2.75, 3.05) is 4.72 Å². The fourth-order valence-electron chi connectivity index (χ4n) is 4.99. The van der Waals surface area contributed by atoms with Crippen LogP contribution >= 0.6 is 12.4 Å². The second-order valence-electron chi connectivity index (χ2n) is 8.89. The SMILES string of the molecule is Cl.O=c1[nH]c2c3c(ccc2n(-c2cccc(NS(=O)(=O)c4cccc5cccnc45)c2)c1=O)CCCC3. The van der Waals surface area contributed by atoms with Gasteiger partial charge in [0.05, 0.1) is 27.9 Å². The topological polar surface area (TPSA) is 114 Å². The molecule has 0 amide bonds. The van der Waals surface area contributed by atoms with E-state index in [1.54, 1.807) is 54.7 Å². The van der Waals surface area contributed by atoms with Crippen molar-refractivity contribution >= 4 is 50.1 Å². The van der Waals surface area contributed by atoms with E-state index in [4.69, 9.17) is 0 Å². The number of pyridine rings is 1. The Morgan fingerprint density at radius 3 is 2.57 bits per heavy atom. The van der Waals surface area contributed by atoms with Crippen LogP contribution in [0.1, 0.15) is 24.0 Å². The number of rotatable bonds is 4. The van der Waals surface area contributed by atoms with E-state index >= 15 is 0 Å². The maximum absolute atomic E-state index is 13.3. The molecule has 0 aliphatic heterocycles. The lowest BCUT2D eigenvalue weighted by atomic mass is 9.90. The van der Waals surface area contributed by atoms with Crippen LogP contribution < -0.4 is 15.8 Å². The molecule has 0 atom stereocenters. The van der Waals surface area contributed by atoms with E-state index in [1.165, 1.54) is 16.2 Å². The average molecular weight is 535 g/mol. The molecule has 0 radical (unpaired) electrons. The lowest BCUT2D eigenvalue weighted by Crippen LogP contribution is -2.36. The van der Waals surface area contributed by atoms with Crippen LogP contribution in [0.25, 0.3) is 27.6 Å². The van der Waals surface area contributed by atoms with Gasteiger partial charge in [0.25, 0.3) is 10.0 Å². The van der Waals surface area contributed by atoms with Gasteiger partial charge >= 0.3 is 11.1 Å². The third kappa shape index (κ3) is 4.30. The number of aromatic amines is 1. The monoisotopic (exact) mass is 534 g/mol. The zero-order valence-corrected chi connectivity index (χ0v) is 21.2. The highest BCUT2D eigenvalue weighted by Crippen LogP contribution is 2.29. The van der Waals surface area contributed by atoms with Crippen LogP contribution in [-0.2, 0) is 22.9 Å². The quantitative estimate of drug-likeness (QED) is 0.333. The zero-order chi connectivity index (χ0) is 24.9. The summed E-state index contributed by atoms with van der Waals surface area (Å²) in [6.07, 6.45) is 5.43. The number of para-hydroxylation sites is 1. The molecule has 37 heavy (non-hydrogen) atoms. The Balaban J connectivity index is 0.00000280. The number of H-pyrrole nitrogens is 1. The predicted molar refractivity (Wildman–Crippen MR) is 147 cm³/mol. The van der Waals surface area contributed by atoms with Gasteiger partial charge in [0.15, 0.2) is 0 Å². The number of sulfonamides is 1. The van der Waals surface area contributed by atoms with Crippen molar-refractivity contribution in [3.8, 4) is 5.69 Å². The van der Waals surface area contributed by atoms with Crippen molar-refractivity contribution < 1.29 is 8.42 Å². The second kappa shape index (κ2) is 9.49. The molecule has 0 saturated carbocycles. The van der Waals surface area contributed by atoms with Gasteiger partial charge in [-0.3, -0.25) is 23.9 Å². The Hall–Kier alpha value is -3.95. The maximum Gasteiger partial charge on any atom is 0.321 e. The fourth-order valence-corrected chi connectivity index (χ4v) is 6.22. The molecule has 8 nitrogen and oxygen atoms in total. The molecule has 6 rings (SSSR count). The maximum atomic E-state index is 13.3. The molecule has 0 saturated heterocycles. The number of anilines is 1. The number of hydrogen-bond acceptors (Lipinski definition) is 5. The predicted octanol–water partition coefficient (Wildman–Crippen LogP) is 4.33. The lowest BCUT2D eigenvalue weighted by Gasteiger charge is -2.19. The van der Waals surface area contributed by atoms with Gasteiger partial charge in [-0.05, 0) is 73.2 Å². The number of nitrogens with one attached hydrogen (secondary N) is 2. The molecule has 0 fully saturated rings. The van der Waals surface area contributed by atoms with Gasteiger partial charge in [-0.2, -0.15) is 0 Å². The molecular weight excluding hydrogens is 512 g/mol. The smallest absolute Gasteiger partial charge is 0.316 e. The molecule has 5 aromatic rings. The third-order valence-electron chi connectivity index (χ3n) is 6.63. The zero-order valence-electron chi connectivity index (χ0n) is 19.6. The molecule has 0 bridgehead atoms. The van der Waals surface area contributed by atoms with Crippen LogP contribution in [0.5, 0.6) is 0 Å². The molecule has 0 spiro atoms. The fraction of sp³-hybridized carbons (Fsp3) is 0.148. The Labute approximate surface area is 218 Å². The number of hydrogen-bond donors (Lipinski definition) is 2. The van der Waals surface area contributed by atoms with Crippen molar-refractivity contribution in [3.63, 3.8) is 0 Å². The van der Waals surface area contributed by atoms with Crippen LogP contribution in [0.15, 0.2) is 87.4 Å². The Kier molecular flexibility index (Phi) is 6.35. The molecular formula is C27H23ClN4O4S. The normalized spacial score (nSPS) is 13.2. The summed E-state index contributed by atoms with van der Waals surface area (Å²) in [6, 6.07) is 18.8. The minimum absolute atomic E-state index is 0. The summed E-state index contributed by atoms with van der Waals surface area (Å²) in [5, 5.41) is 0.707. The highest BCUT2D eigenvalue weighted by Gasteiger charge is 2.20. The van der Waals surface area contributed by atoms with Gasteiger partial charge in [0.2, 0.25) is 0 Å². The minimum Gasteiger partial charge on any atom is -0.316 e. The van der Waals surface area contributed by atoms with Crippen molar-refractivity contribution in [2.45, 2.75) is 30.6 Å². The summed E-state index contributed by atoms with van der Waals surface area (Å²) in [7, 11) is -3.98. The molecule has 188 valence electrons.